The van der Waals surface area contributed by atoms with E-state index in [-0.39, 0.29) is 0 Å². The lowest BCUT2D eigenvalue weighted by Crippen LogP contribution is -2.05. The summed E-state index contributed by atoms with van der Waals surface area (Å²) in [5, 5.41) is 9.51. The SMILES string of the molecule is Cc1ccc2c(c1)c1cc(C)ccc1n2-c1cc(-c2cccc(C(F)(F)F)c2)ccc1-c1ccc(-n2c3ccc(C)cc3c3cc(C)ccc32)c(-c2nc(C)nc(C)n2)c1.Cc1cccc(-c2ccc(-n3c4ccc(C)cc4c4cc(C)ccc43)c(-c3ccc(-n4c5ccc(C)cc5c5cc(C)ccc54)c(-c4nc(C)nc(C)n4)c3)c2)c1. The van der Waals surface area contributed by atoms with Crippen LogP contribution in [-0.4, -0.2) is 48.2 Å². The molecular formula is C104H83F3N10. The molecule has 14 aromatic carbocycles. The number of hydrogen-bond acceptors (Lipinski definition) is 6. The molecule has 20 rings (SSSR count). The summed E-state index contributed by atoms with van der Waals surface area (Å²) in [6.45, 7) is 26.9. The summed E-state index contributed by atoms with van der Waals surface area (Å²) in [5.41, 5.74) is 32.1. The zero-order chi connectivity index (χ0) is 80.7. The van der Waals surface area contributed by atoms with Crippen molar-refractivity contribution in [2.75, 3.05) is 0 Å². The number of alkyl halides is 3. The Morgan fingerprint density at radius 1 is 0.205 bits per heavy atom. The molecule has 0 bridgehead atoms. The van der Waals surface area contributed by atoms with Gasteiger partial charge in [-0.1, -0.05) is 165 Å². The van der Waals surface area contributed by atoms with Gasteiger partial charge in [0.1, 0.15) is 23.3 Å². The average molecular weight is 1530 g/mol. The number of benzene rings is 14. The highest BCUT2D eigenvalue weighted by molar-refractivity contribution is 6.14. The normalized spacial score (nSPS) is 11.9. The molecule has 0 atom stereocenters. The van der Waals surface area contributed by atoms with Crippen LogP contribution in [0.1, 0.15) is 78.9 Å². The minimum Gasteiger partial charge on any atom is -0.309 e. The number of nitrogens with zero attached hydrogens (tertiary/aromatic N) is 10. The van der Waals surface area contributed by atoms with Crippen LogP contribution in [0.4, 0.5) is 13.2 Å². The fourth-order valence-corrected chi connectivity index (χ4v) is 17.7. The average Bonchev–Trinajstić information content (AvgIpc) is 1.61. The first-order valence-electron chi connectivity index (χ1n) is 39.7. The van der Waals surface area contributed by atoms with Gasteiger partial charge in [0.2, 0.25) is 0 Å². The molecular weight excluding hydrogens is 1450 g/mol. The molecule has 0 fully saturated rings. The van der Waals surface area contributed by atoms with Crippen LogP contribution < -0.4 is 0 Å². The van der Waals surface area contributed by atoms with Gasteiger partial charge in [0.15, 0.2) is 11.6 Å². The quantitative estimate of drug-likeness (QED) is 0.135. The van der Waals surface area contributed by atoms with E-state index in [4.69, 9.17) is 19.9 Å². The van der Waals surface area contributed by atoms with Gasteiger partial charge >= 0.3 is 6.18 Å². The minimum absolute atomic E-state index is 0.481. The van der Waals surface area contributed by atoms with E-state index in [0.717, 1.165) is 134 Å². The van der Waals surface area contributed by atoms with E-state index in [1.807, 2.05) is 45.9 Å². The standard InChI is InChI=1S/C52H40F3N5.C52H43N5/c1-29-10-17-45-40(22-29)41-23-30(2)11-18-46(41)59(45)49-21-15-37(27-44(49)51-57-33(5)56-34(6)58-51)39-16-14-36(35-8-7-9-38(26-35)52(53,54)55)28-50(39)60-47-19-12-31(3)24-42(47)43-25-32(4)13-20-48(43)60;1-30-9-8-10-37(23-30)38-15-21-46(56-47-17-11-31(2)24-41(47)42-25-32(3)12-18-48(42)56)40(28-38)39-16-22-51(45(29-39)52-54-35(6)53-36(7)55-52)57-49-19-13-33(4)26-43(49)44-27-34(5)14-20-50(44)57/h7-28H,1-6H3;8-29H,1-7H3. The van der Waals surface area contributed by atoms with Crippen LogP contribution in [0.5, 0.6) is 0 Å². The lowest BCUT2D eigenvalue weighted by atomic mass is 9.94. The molecule has 10 nitrogen and oxygen atoms in total. The first-order chi connectivity index (χ1) is 56.4. The predicted octanol–water partition coefficient (Wildman–Crippen LogP) is 27.2. The van der Waals surface area contributed by atoms with Crippen LogP contribution in [0.25, 0.3) is 177 Å². The molecule has 570 valence electrons. The van der Waals surface area contributed by atoms with Crippen LogP contribution in [0.15, 0.2) is 267 Å². The summed E-state index contributed by atoms with van der Waals surface area (Å²) in [7, 11) is 0. The highest BCUT2D eigenvalue weighted by atomic mass is 19.4. The summed E-state index contributed by atoms with van der Waals surface area (Å²) >= 11 is 0. The second kappa shape index (κ2) is 28.3. The molecule has 0 saturated heterocycles. The summed E-state index contributed by atoms with van der Waals surface area (Å²) < 4.78 is 51.5. The third kappa shape index (κ3) is 13.0. The second-order valence-electron chi connectivity index (χ2n) is 31.9. The molecule has 0 unspecified atom stereocenters. The van der Waals surface area contributed by atoms with E-state index in [2.05, 4.69) is 315 Å². The number of aromatic nitrogens is 10. The minimum atomic E-state index is -4.47. The largest absolute Gasteiger partial charge is 0.416 e. The molecule has 0 aliphatic carbocycles. The van der Waals surface area contributed by atoms with Gasteiger partial charge in [0.05, 0.1) is 72.4 Å². The Balaban J connectivity index is 0.000000156. The van der Waals surface area contributed by atoms with Crippen LogP contribution >= 0.6 is 0 Å². The molecule has 117 heavy (non-hydrogen) atoms. The monoisotopic (exact) mass is 1530 g/mol. The molecule has 0 saturated carbocycles. The topological polar surface area (TPSA) is 97.1 Å². The fraction of sp³-hybridized carbons (Fsp3) is 0.135. The first kappa shape index (κ1) is 73.3. The lowest BCUT2D eigenvalue weighted by Gasteiger charge is -2.19. The number of fused-ring (bicyclic) bond motifs is 12. The van der Waals surface area contributed by atoms with Gasteiger partial charge in [0.25, 0.3) is 0 Å². The van der Waals surface area contributed by atoms with Gasteiger partial charge in [-0.2, -0.15) is 13.2 Å². The Hall–Kier alpha value is -13.9. The van der Waals surface area contributed by atoms with Crippen molar-refractivity contribution >= 4 is 87.2 Å². The van der Waals surface area contributed by atoms with E-state index < -0.39 is 11.7 Å². The Morgan fingerprint density at radius 3 is 0.812 bits per heavy atom. The third-order valence-corrected chi connectivity index (χ3v) is 23.0. The molecule has 13 heteroatoms. The maximum atomic E-state index is 14.0. The summed E-state index contributed by atoms with van der Waals surface area (Å²) in [6.07, 6.45) is -4.47. The number of halogens is 3. The van der Waals surface area contributed by atoms with Crippen molar-refractivity contribution in [1.29, 1.82) is 0 Å². The van der Waals surface area contributed by atoms with Crippen LogP contribution in [0, 0.1) is 90.0 Å². The van der Waals surface area contributed by atoms with E-state index >= 15 is 0 Å². The van der Waals surface area contributed by atoms with Gasteiger partial charge in [-0.15, -0.1) is 0 Å². The first-order valence-corrected chi connectivity index (χ1v) is 39.7. The molecule has 0 aliphatic rings. The van der Waals surface area contributed by atoms with Crippen molar-refractivity contribution in [1.82, 2.24) is 48.2 Å². The van der Waals surface area contributed by atoms with Crippen molar-refractivity contribution in [2.24, 2.45) is 0 Å². The predicted molar refractivity (Wildman–Crippen MR) is 476 cm³/mol. The smallest absolute Gasteiger partial charge is 0.309 e. The van der Waals surface area contributed by atoms with E-state index in [9.17, 15) is 13.2 Å². The van der Waals surface area contributed by atoms with Crippen LogP contribution in [-0.2, 0) is 6.18 Å². The van der Waals surface area contributed by atoms with Crippen molar-refractivity contribution in [3.8, 4) is 90.0 Å². The van der Waals surface area contributed by atoms with Gasteiger partial charge < -0.3 is 18.3 Å². The molecule has 0 amide bonds. The van der Waals surface area contributed by atoms with Crippen molar-refractivity contribution < 1.29 is 13.2 Å². The molecule has 0 radical (unpaired) electrons. The maximum absolute atomic E-state index is 14.0. The highest BCUT2D eigenvalue weighted by Gasteiger charge is 2.31. The van der Waals surface area contributed by atoms with E-state index in [1.165, 1.54) is 89.2 Å². The van der Waals surface area contributed by atoms with Crippen molar-refractivity contribution in [3.05, 3.63) is 346 Å². The van der Waals surface area contributed by atoms with Gasteiger partial charge in [-0.3, -0.25) is 0 Å². The van der Waals surface area contributed by atoms with E-state index in [0.29, 0.717) is 46.1 Å². The molecule has 20 aromatic rings. The zero-order valence-electron chi connectivity index (χ0n) is 67.5. The zero-order valence-corrected chi connectivity index (χ0v) is 67.5. The lowest BCUT2D eigenvalue weighted by molar-refractivity contribution is -0.137. The summed E-state index contributed by atoms with van der Waals surface area (Å²) in [6, 6.07) is 93.6. The van der Waals surface area contributed by atoms with E-state index in [1.54, 1.807) is 6.07 Å². The number of hydrogen-bond donors (Lipinski definition) is 0. The maximum Gasteiger partial charge on any atom is 0.416 e. The van der Waals surface area contributed by atoms with Gasteiger partial charge in [-0.05, 0) is 275 Å². The van der Waals surface area contributed by atoms with Gasteiger partial charge in [0, 0.05) is 65.3 Å². The summed E-state index contributed by atoms with van der Waals surface area (Å²) in [4.78, 5) is 29.0. The Labute approximate surface area is 676 Å². The molecule has 6 aromatic heterocycles. The second-order valence-corrected chi connectivity index (χ2v) is 31.9. The van der Waals surface area contributed by atoms with Crippen molar-refractivity contribution in [3.63, 3.8) is 0 Å². The molecule has 0 spiro atoms. The Bertz CT molecular complexity index is 7270. The molecule has 0 N–H and O–H groups in total. The highest BCUT2D eigenvalue weighted by Crippen LogP contribution is 2.47. The number of aryl methyl sites for hydroxylation is 13. The fourth-order valence-electron chi connectivity index (χ4n) is 17.7. The number of rotatable bonds is 10. The Morgan fingerprint density at radius 2 is 0.470 bits per heavy atom. The Kier molecular flexibility index (Phi) is 17.7. The van der Waals surface area contributed by atoms with Crippen LogP contribution in [0.2, 0.25) is 0 Å². The summed E-state index contributed by atoms with van der Waals surface area (Å²) in [5.74, 6) is 3.83. The van der Waals surface area contributed by atoms with Crippen LogP contribution in [0.3, 0.4) is 0 Å². The molecule has 6 heterocycles. The molecule has 0 aliphatic heterocycles. The third-order valence-electron chi connectivity index (χ3n) is 23.0. The van der Waals surface area contributed by atoms with Crippen molar-refractivity contribution in [2.45, 2.75) is 96.2 Å². The van der Waals surface area contributed by atoms with Gasteiger partial charge in [-0.25, -0.2) is 29.9 Å².